The Morgan fingerprint density at radius 2 is 2.00 bits per heavy atom. The van der Waals surface area contributed by atoms with Crippen molar-refractivity contribution in [3.63, 3.8) is 0 Å². The topological polar surface area (TPSA) is 18.8 Å². The van der Waals surface area contributed by atoms with Crippen LogP contribution in [-0.2, 0) is 0 Å². The molecule has 0 amide bonds. The third kappa shape index (κ3) is 0.866. The fourth-order valence-electron chi connectivity index (χ4n) is 0.903. The predicted octanol–water partition coefficient (Wildman–Crippen LogP) is 0.543. The van der Waals surface area contributed by atoms with Gasteiger partial charge in [0, 0.05) is 14.1 Å². The quantitative estimate of drug-likeness (QED) is 0.473. The molecule has 0 saturated carbocycles. The van der Waals surface area contributed by atoms with Gasteiger partial charge < -0.3 is 4.90 Å². The van der Waals surface area contributed by atoms with E-state index >= 15 is 0 Å². The number of rotatable bonds is 0. The Labute approximate surface area is 55.9 Å². The molecule has 1 unspecified atom stereocenters. The molecule has 0 aromatic rings. The lowest BCUT2D eigenvalue weighted by Gasteiger charge is -2.21. The molecule has 0 aromatic heterocycles. The van der Waals surface area contributed by atoms with Crippen molar-refractivity contribution < 1.29 is 0 Å². The molecule has 0 saturated heterocycles. The van der Waals surface area contributed by atoms with Crippen LogP contribution in [0.1, 0.15) is 13.8 Å². The largest absolute Gasteiger partial charge is 0.340 e. The number of hydrogen-bond donors (Lipinski definition) is 0. The van der Waals surface area contributed by atoms with Gasteiger partial charge in [0.05, 0.1) is 0 Å². The van der Waals surface area contributed by atoms with Gasteiger partial charge in [-0.2, -0.15) is 5.10 Å². The molecule has 0 bridgehead atoms. The van der Waals surface area contributed by atoms with Gasteiger partial charge >= 0.3 is 0 Å². The third-order valence-corrected chi connectivity index (χ3v) is 1.91. The summed E-state index contributed by atoms with van der Waals surface area (Å²) in [6.07, 6.45) is 0.421. The van der Waals surface area contributed by atoms with Crippen molar-refractivity contribution in [2.45, 2.75) is 20.0 Å². The van der Waals surface area contributed by atoms with Gasteiger partial charge in [-0.05, 0) is 13.8 Å². The van der Waals surface area contributed by atoms with Gasteiger partial charge in [0.1, 0.15) is 12.0 Å². The second-order valence-electron chi connectivity index (χ2n) is 2.46. The normalized spacial score (nSPS) is 27.1. The second-order valence-corrected chi connectivity index (χ2v) is 2.46. The van der Waals surface area contributed by atoms with Crippen LogP contribution < -0.4 is 0 Å². The van der Waals surface area contributed by atoms with Crippen LogP contribution in [0.25, 0.3) is 0 Å². The Bertz CT molecular complexity index is 141. The van der Waals surface area contributed by atoms with Gasteiger partial charge in [0.25, 0.3) is 0 Å². The highest BCUT2D eigenvalue weighted by Gasteiger charge is 2.20. The first-order valence-electron chi connectivity index (χ1n) is 3.14. The van der Waals surface area contributed by atoms with Crippen molar-refractivity contribution in [2.24, 2.45) is 5.10 Å². The molecule has 9 heavy (non-hydrogen) atoms. The lowest BCUT2D eigenvalue weighted by atomic mass is 10.5. The molecule has 52 valence electrons. The summed E-state index contributed by atoms with van der Waals surface area (Å²) in [6.45, 7) is 4.14. The van der Waals surface area contributed by atoms with Crippen molar-refractivity contribution in [2.75, 3.05) is 14.1 Å². The lowest BCUT2D eigenvalue weighted by molar-refractivity contribution is 0.199. The predicted molar refractivity (Wildman–Crippen MR) is 38.1 cm³/mol. The first-order chi connectivity index (χ1) is 4.13. The first kappa shape index (κ1) is 6.39. The van der Waals surface area contributed by atoms with E-state index in [1.165, 1.54) is 0 Å². The van der Waals surface area contributed by atoms with E-state index in [1.54, 1.807) is 0 Å². The highest BCUT2D eigenvalue weighted by molar-refractivity contribution is 5.80. The minimum atomic E-state index is 0.421. The van der Waals surface area contributed by atoms with Gasteiger partial charge in [0.15, 0.2) is 0 Å². The number of nitrogens with zero attached hydrogens (tertiary/aromatic N) is 3. The highest BCUT2D eigenvalue weighted by Crippen LogP contribution is 2.10. The SMILES string of the molecule is CC1=NN(C)C(C)N1C. The van der Waals surface area contributed by atoms with Crippen LogP contribution in [0, 0.1) is 0 Å². The van der Waals surface area contributed by atoms with E-state index in [9.17, 15) is 0 Å². The number of hydrogen-bond acceptors (Lipinski definition) is 3. The number of amidine groups is 1. The van der Waals surface area contributed by atoms with Crippen molar-refractivity contribution in [1.82, 2.24) is 9.91 Å². The van der Waals surface area contributed by atoms with Crippen LogP contribution in [-0.4, -0.2) is 36.0 Å². The van der Waals surface area contributed by atoms with Gasteiger partial charge in [-0.3, -0.25) is 5.01 Å². The first-order valence-corrected chi connectivity index (χ1v) is 3.14. The van der Waals surface area contributed by atoms with E-state index < -0.39 is 0 Å². The molecule has 0 radical (unpaired) electrons. The maximum Gasteiger partial charge on any atom is 0.123 e. The fraction of sp³-hybridized carbons (Fsp3) is 0.833. The van der Waals surface area contributed by atoms with Crippen LogP contribution in [0.3, 0.4) is 0 Å². The average Bonchev–Trinajstić information content (AvgIpc) is 1.98. The summed E-state index contributed by atoms with van der Waals surface area (Å²) < 4.78 is 0. The summed E-state index contributed by atoms with van der Waals surface area (Å²) in [4.78, 5) is 2.14. The smallest absolute Gasteiger partial charge is 0.123 e. The summed E-state index contributed by atoms with van der Waals surface area (Å²) >= 11 is 0. The molecular formula is C6H13N3. The van der Waals surface area contributed by atoms with Crippen LogP contribution in [0.2, 0.25) is 0 Å². The van der Waals surface area contributed by atoms with Crippen LogP contribution >= 0.6 is 0 Å². The van der Waals surface area contributed by atoms with Crippen molar-refractivity contribution in [3.8, 4) is 0 Å². The summed E-state index contributed by atoms with van der Waals surface area (Å²) in [5.41, 5.74) is 0. The van der Waals surface area contributed by atoms with Crippen molar-refractivity contribution >= 4 is 5.84 Å². The third-order valence-electron chi connectivity index (χ3n) is 1.91. The van der Waals surface area contributed by atoms with Crippen molar-refractivity contribution in [3.05, 3.63) is 0 Å². The van der Waals surface area contributed by atoms with E-state index in [1.807, 2.05) is 26.0 Å². The zero-order valence-electron chi connectivity index (χ0n) is 6.42. The Kier molecular flexibility index (Phi) is 1.35. The monoisotopic (exact) mass is 127 g/mol. The van der Waals surface area contributed by atoms with E-state index in [0.29, 0.717) is 6.17 Å². The molecule has 1 atom stereocenters. The Hall–Kier alpha value is -0.730. The zero-order valence-corrected chi connectivity index (χ0v) is 6.42. The van der Waals surface area contributed by atoms with E-state index in [-0.39, 0.29) is 0 Å². The van der Waals surface area contributed by atoms with Crippen LogP contribution in [0.15, 0.2) is 5.10 Å². The Balaban J connectivity index is 2.70. The van der Waals surface area contributed by atoms with E-state index in [2.05, 4.69) is 16.9 Å². The zero-order chi connectivity index (χ0) is 7.02. The van der Waals surface area contributed by atoms with Crippen molar-refractivity contribution in [1.29, 1.82) is 0 Å². The molecule has 3 heteroatoms. The molecule has 3 nitrogen and oxygen atoms in total. The lowest BCUT2D eigenvalue weighted by Crippen LogP contribution is -2.34. The minimum absolute atomic E-state index is 0.421. The summed E-state index contributed by atoms with van der Waals surface area (Å²) in [7, 11) is 4.03. The minimum Gasteiger partial charge on any atom is -0.340 e. The standard InChI is InChI=1S/C6H13N3/c1-5-7-9(4)6(2)8(5)3/h6H,1-4H3. The Morgan fingerprint density at radius 1 is 1.44 bits per heavy atom. The average molecular weight is 127 g/mol. The molecular weight excluding hydrogens is 114 g/mol. The molecule has 0 fully saturated rings. The molecule has 0 aromatic carbocycles. The molecule has 0 spiro atoms. The van der Waals surface area contributed by atoms with E-state index in [4.69, 9.17) is 0 Å². The van der Waals surface area contributed by atoms with Crippen LogP contribution in [0.5, 0.6) is 0 Å². The summed E-state index contributed by atoms with van der Waals surface area (Å²) in [6, 6.07) is 0. The molecule has 1 heterocycles. The van der Waals surface area contributed by atoms with E-state index in [0.717, 1.165) is 5.84 Å². The molecule has 0 N–H and O–H groups in total. The highest BCUT2D eigenvalue weighted by atomic mass is 15.6. The second kappa shape index (κ2) is 1.90. The Morgan fingerprint density at radius 3 is 2.11 bits per heavy atom. The number of hydrazone groups is 1. The maximum absolute atomic E-state index is 4.23. The maximum atomic E-state index is 4.23. The summed E-state index contributed by atoms with van der Waals surface area (Å²) in [5.74, 6) is 1.09. The molecule has 1 rings (SSSR count). The van der Waals surface area contributed by atoms with Gasteiger partial charge in [-0.15, -0.1) is 0 Å². The molecule has 1 aliphatic rings. The van der Waals surface area contributed by atoms with Gasteiger partial charge in [-0.1, -0.05) is 0 Å². The summed E-state index contributed by atoms with van der Waals surface area (Å²) in [5, 5.41) is 6.18. The van der Waals surface area contributed by atoms with Gasteiger partial charge in [-0.25, -0.2) is 0 Å². The van der Waals surface area contributed by atoms with Gasteiger partial charge in [0.2, 0.25) is 0 Å². The fourth-order valence-corrected chi connectivity index (χ4v) is 0.903. The molecule has 1 aliphatic heterocycles. The van der Waals surface area contributed by atoms with Crippen LogP contribution in [0.4, 0.5) is 0 Å². The molecule has 0 aliphatic carbocycles.